The van der Waals surface area contributed by atoms with Gasteiger partial charge in [-0.1, -0.05) is 6.08 Å². The van der Waals surface area contributed by atoms with Crippen LogP contribution < -0.4 is 0 Å². The SMILES string of the molecule is C/C=C\n1nccc1O. The van der Waals surface area contributed by atoms with Crippen molar-refractivity contribution in [3.63, 3.8) is 0 Å². The second-order valence-corrected chi connectivity index (χ2v) is 1.62. The van der Waals surface area contributed by atoms with Crippen molar-refractivity contribution < 1.29 is 5.11 Å². The molecule has 1 aromatic heterocycles. The molecule has 1 rings (SSSR count). The summed E-state index contributed by atoms with van der Waals surface area (Å²) >= 11 is 0. The van der Waals surface area contributed by atoms with E-state index in [0.717, 1.165) is 0 Å². The molecule has 9 heavy (non-hydrogen) atoms. The van der Waals surface area contributed by atoms with E-state index in [1.165, 1.54) is 16.9 Å². The zero-order valence-corrected chi connectivity index (χ0v) is 5.15. The Morgan fingerprint density at radius 3 is 3.00 bits per heavy atom. The molecule has 0 bridgehead atoms. The van der Waals surface area contributed by atoms with Crippen LogP contribution in [0.15, 0.2) is 18.3 Å². The molecule has 0 spiro atoms. The van der Waals surface area contributed by atoms with Gasteiger partial charge in [-0.05, 0) is 6.92 Å². The molecule has 0 aliphatic carbocycles. The summed E-state index contributed by atoms with van der Waals surface area (Å²) in [7, 11) is 0. The Morgan fingerprint density at radius 1 is 1.78 bits per heavy atom. The van der Waals surface area contributed by atoms with Gasteiger partial charge < -0.3 is 5.11 Å². The van der Waals surface area contributed by atoms with Crippen LogP contribution in [0.3, 0.4) is 0 Å². The first kappa shape index (κ1) is 5.88. The summed E-state index contributed by atoms with van der Waals surface area (Å²) in [5, 5.41) is 12.7. The highest BCUT2D eigenvalue weighted by molar-refractivity contribution is 5.25. The lowest BCUT2D eigenvalue weighted by Crippen LogP contribution is -1.85. The van der Waals surface area contributed by atoms with Crippen molar-refractivity contribution in [3.05, 3.63) is 18.3 Å². The summed E-state index contributed by atoms with van der Waals surface area (Å²) in [5.74, 6) is 0.160. The van der Waals surface area contributed by atoms with E-state index in [1.807, 2.05) is 6.92 Å². The first-order valence-electron chi connectivity index (χ1n) is 2.70. The minimum absolute atomic E-state index is 0.160. The standard InChI is InChI=1S/C6H8N2O/c1-2-5-8-6(9)3-4-7-8/h2-5,9H,1H3/b5-2-. The van der Waals surface area contributed by atoms with Gasteiger partial charge in [-0.3, -0.25) is 0 Å². The van der Waals surface area contributed by atoms with Crippen LogP contribution in [0.2, 0.25) is 0 Å². The number of aromatic hydroxyl groups is 1. The van der Waals surface area contributed by atoms with Gasteiger partial charge in [0.1, 0.15) is 0 Å². The van der Waals surface area contributed by atoms with Gasteiger partial charge in [0.25, 0.3) is 0 Å². The van der Waals surface area contributed by atoms with E-state index >= 15 is 0 Å². The van der Waals surface area contributed by atoms with Crippen LogP contribution in [0.4, 0.5) is 0 Å². The molecule has 0 saturated heterocycles. The van der Waals surface area contributed by atoms with Crippen molar-refractivity contribution in [3.8, 4) is 5.88 Å². The zero-order chi connectivity index (χ0) is 6.69. The fourth-order valence-electron chi connectivity index (χ4n) is 0.563. The van der Waals surface area contributed by atoms with Gasteiger partial charge in [0.15, 0.2) is 0 Å². The van der Waals surface area contributed by atoms with Crippen LogP contribution in [-0.2, 0) is 0 Å². The molecule has 0 aliphatic heterocycles. The summed E-state index contributed by atoms with van der Waals surface area (Å²) in [6.07, 6.45) is 5.01. The summed E-state index contributed by atoms with van der Waals surface area (Å²) < 4.78 is 1.39. The van der Waals surface area contributed by atoms with Crippen molar-refractivity contribution >= 4 is 6.20 Å². The first-order valence-corrected chi connectivity index (χ1v) is 2.70. The minimum Gasteiger partial charge on any atom is -0.493 e. The molecule has 0 fully saturated rings. The van der Waals surface area contributed by atoms with E-state index in [0.29, 0.717) is 0 Å². The van der Waals surface area contributed by atoms with E-state index < -0.39 is 0 Å². The molecule has 1 N–H and O–H groups in total. The largest absolute Gasteiger partial charge is 0.493 e. The maximum atomic E-state index is 8.93. The van der Waals surface area contributed by atoms with Crippen molar-refractivity contribution in [1.29, 1.82) is 0 Å². The monoisotopic (exact) mass is 124 g/mol. The Labute approximate surface area is 53.2 Å². The van der Waals surface area contributed by atoms with Gasteiger partial charge in [-0.15, -0.1) is 0 Å². The van der Waals surface area contributed by atoms with Crippen LogP contribution >= 0.6 is 0 Å². The van der Waals surface area contributed by atoms with Crippen LogP contribution in [0.5, 0.6) is 5.88 Å². The third-order valence-electron chi connectivity index (χ3n) is 0.940. The second kappa shape index (κ2) is 2.35. The Kier molecular flexibility index (Phi) is 1.53. The van der Waals surface area contributed by atoms with E-state index in [-0.39, 0.29) is 5.88 Å². The summed E-state index contributed by atoms with van der Waals surface area (Å²) in [6, 6.07) is 1.53. The lowest BCUT2D eigenvalue weighted by Gasteiger charge is -1.89. The maximum Gasteiger partial charge on any atom is 0.213 e. The zero-order valence-electron chi connectivity index (χ0n) is 5.15. The summed E-state index contributed by atoms with van der Waals surface area (Å²) in [6.45, 7) is 1.86. The molecule has 0 saturated carbocycles. The number of aromatic nitrogens is 2. The highest BCUT2D eigenvalue weighted by atomic mass is 16.3. The van der Waals surface area contributed by atoms with Crippen LogP contribution in [0.1, 0.15) is 6.92 Å². The van der Waals surface area contributed by atoms with Crippen LogP contribution in [-0.4, -0.2) is 14.9 Å². The first-order chi connectivity index (χ1) is 4.34. The molecule has 1 aromatic rings. The Hall–Kier alpha value is -1.25. The lowest BCUT2D eigenvalue weighted by atomic mass is 10.6. The van der Waals surface area contributed by atoms with Crippen molar-refractivity contribution in [2.75, 3.05) is 0 Å². The van der Waals surface area contributed by atoms with Crippen molar-refractivity contribution in [2.45, 2.75) is 6.92 Å². The number of allylic oxidation sites excluding steroid dienone is 1. The molecule has 3 nitrogen and oxygen atoms in total. The molecule has 48 valence electrons. The lowest BCUT2D eigenvalue weighted by molar-refractivity contribution is 0.438. The molecule has 0 unspecified atom stereocenters. The predicted octanol–water partition coefficient (Wildman–Crippen LogP) is 1.08. The molecule has 3 heteroatoms. The normalized spacial score (nSPS) is 10.8. The Bertz CT molecular complexity index is 215. The number of rotatable bonds is 1. The van der Waals surface area contributed by atoms with Gasteiger partial charge in [-0.2, -0.15) is 5.10 Å². The molecule has 0 aromatic carbocycles. The van der Waals surface area contributed by atoms with E-state index in [9.17, 15) is 0 Å². The molecule has 1 heterocycles. The third kappa shape index (κ3) is 1.10. The summed E-state index contributed by atoms with van der Waals surface area (Å²) in [4.78, 5) is 0. The predicted molar refractivity (Wildman–Crippen MR) is 34.9 cm³/mol. The average molecular weight is 124 g/mol. The van der Waals surface area contributed by atoms with Gasteiger partial charge in [0.05, 0.1) is 6.20 Å². The number of nitrogens with zero attached hydrogens (tertiary/aromatic N) is 2. The Balaban J connectivity index is 2.94. The van der Waals surface area contributed by atoms with Crippen molar-refractivity contribution in [1.82, 2.24) is 9.78 Å². The van der Waals surface area contributed by atoms with Gasteiger partial charge in [0.2, 0.25) is 5.88 Å². The van der Waals surface area contributed by atoms with Crippen LogP contribution in [0, 0.1) is 0 Å². The Morgan fingerprint density at radius 2 is 2.56 bits per heavy atom. The molecular formula is C6H8N2O. The molecule has 0 atom stereocenters. The minimum atomic E-state index is 0.160. The maximum absolute atomic E-state index is 8.93. The van der Waals surface area contributed by atoms with E-state index in [4.69, 9.17) is 5.11 Å². The van der Waals surface area contributed by atoms with Crippen molar-refractivity contribution in [2.24, 2.45) is 0 Å². The third-order valence-corrected chi connectivity index (χ3v) is 0.940. The summed E-state index contributed by atoms with van der Waals surface area (Å²) in [5.41, 5.74) is 0. The topological polar surface area (TPSA) is 38.0 Å². The fraction of sp³-hybridized carbons (Fsp3) is 0.167. The van der Waals surface area contributed by atoms with E-state index in [1.54, 1.807) is 12.3 Å². The van der Waals surface area contributed by atoms with Gasteiger partial charge in [0, 0.05) is 12.3 Å². The molecule has 0 amide bonds. The second-order valence-electron chi connectivity index (χ2n) is 1.62. The fourth-order valence-corrected chi connectivity index (χ4v) is 0.563. The molecule has 0 radical (unpaired) electrons. The molecular weight excluding hydrogens is 116 g/mol. The highest BCUT2D eigenvalue weighted by Gasteiger charge is 1.90. The molecule has 0 aliphatic rings. The number of hydrogen-bond acceptors (Lipinski definition) is 2. The highest BCUT2D eigenvalue weighted by Crippen LogP contribution is 2.05. The van der Waals surface area contributed by atoms with Crippen LogP contribution in [0.25, 0.3) is 6.20 Å². The van der Waals surface area contributed by atoms with E-state index in [2.05, 4.69) is 5.10 Å². The van der Waals surface area contributed by atoms with Gasteiger partial charge in [-0.25, -0.2) is 4.68 Å². The average Bonchev–Trinajstić information content (AvgIpc) is 2.18. The quantitative estimate of drug-likeness (QED) is 0.608. The smallest absolute Gasteiger partial charge is 0.213 e. The number of hydrogen-bond donors (Lipinski definition) is 1. The van der Waals surface area contributed by atoms with Gasteiger partial charge >= 0.3 is 0 Å².